The normalized spacial score (nSPS) is 38.6. The molecular weight excluding hydrogens is 204 g/mol. The summed E-state index contributed by atoms with van der Waals surface area (Å²) < 4.78 is 0. The van der Waals surface area contributed by atoms with Crippen LogP contribution in [-0.2, 0) is 4.79 Å². The fraction of sp³-hybridized carbons (Fsp3) is 0.889. The molecule has 64 valence electrons. The third-order valence-electron chi connectivity index (χ3n) is 2.63. The van der Waals surface area contributed by atoms with E-state index in [-0.39, 0.29) is 0 Å². The fourth-order valence-electron chi connectivity index (χ4n) is 1.93. The Hall–Kier alpha value is 0.150. The van der Waals surface area contributed by atoms with Crippen molar-refractivity contribution in [2.24, 2.45) is 11.8 Å². The van der Waals surface area contributed by atoms with Crippen LogP contribution in [0.1, 0.15) is 33.1 Å². The second-order valence-electron chi connectivity index (χ2n) is 3.60. The molecule has 1 saturated carbocycles. The summed E-state index contributed by atoms with van der Waals surface area (Å²) in [7, 11) is 0. The smallest absolute Gasteiger partial charge is 0.133 e. The van der Waals surface area contributed by atoms with E-state index in [1.165, 1.54) is 0 Å². The number of alkyl halides is 1. The number of carbonyl (C=O) groups is 1. The van der Waals surface area contributed by atoms with Crippen molar-refractivity contribution in [2.75, 3.05) is 0 Å². The summed E-state index contributed by atoms with van der Waals surface area (Å²) in [5.74, 6) is 1.28. The third-order valence-corrected chi connectivity index (χ3v) is 3.46. The molecule has 3 atom stereocenters. The lowest BCUT2D eigenvalue weighted by molar-refractivity contribution is -0.123. The van der Waals surface area contributed by atoms with Crippen molar-refractivity contribution in [3.63, 3.8) is 0 Å². The molecule has 1 rings (SSSR count). The maximum atomic E-state index is 11.1. The molecule has 0 N–H and O–H groups in total. The molecule has 3 unspecified atom stereocenters. The van der Waals surface area contributed by atoms with Gasteiger partial charge in [0.2, 0.25) is 0 Å². The number of ketones is 1. The van der Waals surface area contributed by atoms with Gasteiger partial charge in [-0.3, -0.25) is 4.79 Å². The second kappa shape index (κ2) is 3.70. The van der Waals surface area contributed by atoms with Gasteiger partial charge >= 0.3 is 0 Å². The first-order valence-corrected chi connectivity index (χ1v) is 5.17. The Balaban J connectivity index is 2.50. The van der Waals surface area contributed by atoms with Gasteiger partial charge in [-0.1, -0.05) is 22.9 Å². The lowest BCUT2D eigenvalue weighted by atomic mass is 9.78. The maximum Gasteiger partial charge on any atom is 0.133 e. The van der Waals surface area contributed by atoms with Gasteiger partial charge in [0.1, 0.15) is 5.78 Å². The zero-order chi connectivity index (χ0) is 8.43. The van der Waals surface area contributed by atoms with Crippen LogP contribution in [-0.4, -0.2) is 10.6 Å². The highest BCUT2D eigenvalue weighted by Crippen LogP contribution is 2.33. The van der Waals surface area contributed by atoms with Gasteiger partial charge in [-0.25, -0.2) is 0 Å². The molecule has 0 aromatic carbocycles. The minimum Gasteiger partial charge on any atom is -0.300 e. The van der Waals surface area contributed by atoms with Crippen LogP contribution in [0.15, 0.2) is 0 Å². The molecule has 0 aromatic heterocycles. The van der Waals surface area contributed by atoms with E-state index >= 15 is 0 Å². The minimum absolute atomic E-state index is 0.337. The van der Waals surface area contributed by atoms with Gasteiger partial charge in [0.05, 0.1) is 0 Å². The Kier molecular flexibility index (Phi) is 3.11. The third kappa shape index (κ3) is 2.29. The van der Waals surface area contributed by atoms with Crippen LogP contribution in [0.5, 0.6) is 0 Å². The number of halogens is 1. The molecule has 0 radical (unpaired) electrons. The number of Topliss-reactive ketones (excluding diaryl/α,β-unsaturated/α-hetero) is 1. The molecule has 0 spiro atoms. The monoisotopic (exact) mass is 218 g/mol. The average Bonchev–Trinajstić information content (AvgIpc) is 1.85. The van der Waals surface area contributed by atoms with E-state index in [4.69, 9.17) is 0 Å². The molecular formula is C9H15BrO. The number of carbonyl (C=O) groups excluding carboxylic acids is 1. The van der Waals surface area contributed by atoms with Crippen LogP contribution < -0.4 is 0 Å². The van der Waals surface area contributed by atoms with Crippen LogP contribution in [0.4, 0.5) is 0 Å². The van der Waals surface area contributed by atoms with E-state index in [0.29, 0.717) is 22.4 Å². The number of hydrogen-bond acceptors (Lipinski definition) is 1. The van der Waals surface area contributed by atoms with Crippen molar-refractivity contribution in [2.45, 2.75) is 37.9 Å². The Labute approximate surface area is 76.7 Å². The highest BCUT2D eigenvalue weighted by Gasteiger charge is 2.28. The summed E-state index contributed by atoms with van der Waals surface area (Å²) in [5, 5.41) is 0. The summed E-state index contributed by atoms with van der Waals surface area (Å²) in [5.41, 5.74) is 0. The quantitative estimate of drug-likeness (QED) is 0.619. The molecule has 2 heteroatoms. The van der Waals surface area contributed by atoms with Crippen molar-refractivity contribution in [3.8, 4) is 0 Å². The Morgan fingerprint density at radius 1 is 1.45 bits per heavy atom. The van der Waals surface area contributed by atoms with Crippen molar-refractivity contribution in [3.05, 3.63) is 0 Å². The van der Waals surface area contributed by atoms with Crippen LogP contribution >= 0.6 is 15.9 Å². The molecule has 0 heterocycles. The maximum absolute atomic E-state index is 11.1. The van der Waals surface area contributed by atoms with Crippen molar-refractivity contribution in [1.82, 2.24) is 0 Å². The largest absolute Gasteiger partial charge is 0.300 e. The molecule has 0 saturated heterocycles. The predicted octanol–water partition coefficient (Wildman–Crippen LogP) is 2.78. The van der Waals surface area contributed by atoms with Crippen molar-refractivity contribution < 1.29 is 4.79 Å². The van der Waals surface area contributed by atoms with Gasteiger partial charge in [-0.2, -0.15) is 0 Å². The van der Waals surface area contributed by atoms with Crippen LogP contribution in [0, 0.1) is 11.8 Å². The zero-order valence-corrected chi connectivity index (χ0v) is 8.73. The van der Waals surface area contributed by atoms with E-state index in [1.807, 2.05) is 0 Å². The van der Waals surface area contributed by atoms with Crippen LogP contribution in [0.3, 0.4) is 0 Å². The van der Waals surface area contributed by atoms with E-state index in [9.17, 15) is 4.79 Å². The molecule has 0 amide bonds. The summed E-state index contributed by atoms with van der Waals surface area (Å²) in [6, 6.07) is 0. The van der Waals surface area contributed by atoms with Gasteiger partial charge in [0.25, 0.3) is 0 Å². The summed E-state index contributed by atoms with van der Waals surface area (Å²) >= 11 is 3.59. The zero-order valence-electron chi connectivity index (χ0n) is 7.14. The molecule has 1 nitrogen and oxygen atoms in total. The predicted molar refractivity (Wildman–Crippen MR) is 49.9 cm³/mol. The molecule has 0 aromatic rings. The Bertz CT molecular complexity index is 156. The lowest BCUT2D eigenvalue weighted by Gasteiger charge is -2.29. The molecule has 1 fully saturated rings. The second-order valence-corrected chi connectivity index (χ2v) is 4.90. The average molecular weight is 219 g/mol. The summed E-state index contributed by atoms with van der Waals surface area (Å²) in [4.78, 5) is 11.7. The highest BCUT2D eigenvalue weighted by molar-refractivity contribution is 9.09. The molecule has 0 bridgehead atoms. The SMILES string of the molecule is CC(=O)C1CCC(Br)CC1C. The van der Waals surface area contributed by atoms with Gasteiger partial charge < -0.3 is 0 Å². The molecule has 1 aliphatic rings. The van der Waals surface area contributed by atoms with Gasteiger partial charge in [0, 0.05) is 10.7 Å². The Morgan fingerprint density at radius 3 is 2.55 bits per heavy atom. The van der Waals surface area contributed by atoms with E-state index in [1.54, 1.807) is 6.92 Å². The molecule has 11 heavy (non-hydrogen) atoms. The topological polar surface area (TPSA) is 17.1 Å². The lowest BCUT2D eigenvalue weighted by Crippen LogP contribution is -2.27. The summed E-state index contributed by atoms with van der Waals surface area (Å²) in [6.07, 6.45) is 3.39. The van der Waals surface area contributed by atoms with Gasteiger partial charge in [-0.05, 0) is 32.1 Å². The van der Waals surface area contributed by atoms with Crippen LogP contribution in [0.25, 0.3) is 0 Å². The standard InChI is InChI=1S/C9H15BrO/c1-6-5-8(10)3-4-9(6)7(2)11/h6,8-9H,3-5H2,1-2H3. The van der Waals surface area contributed by atoms with Crippen molar-refractivity contribution in [1.29, 1.82) is 0 Å². The molecule has 1 aliphatic carbocycles. The van der Waals surface area contributed by atoms with E-state index in [0.717, 1.165) is 19.3 Å². The van der Waals surface area contributed by atoms with E-state index in [2.05, 4.69) is 22.9 Å². The first-order valence-electron chi connectivity index (χ1n) is 4.25. The van der Waals surface area contributed by atoms with E-state index < -0.39 is 0 Å². The van der Waals surface area contributed by atoms with Crippen molar-refractivity contribution >= 4 is 21.7 Å². The highest BCUT2D eigenvalue weighted by atomic mass is 79.9. The number of hydrogen-bond donors (Lipinski definition) is 0. The Morgan fingerprint density at radius 2 is 2.09 bits per heavy atom. The molecule has 0 aliphatic heterocycles. The first-order chi connectivity index (χ1) is 5.11. The minimum atomic E-state index is 0.337. The van der Waals surface area contributed by atoms with Crippen LogP contribution in [0.2, 0.25) is 0 Å². The first kappa shape index (κ1) is 9.24. The summed E-state index contributed by atoms with van der Waals surface area (Å²) in [6.45, 7) is 3.90. The fourth-order valence-corrected chi connectivity index (χ4v) is 2.79. The van der Waals surface area contributed by atoms with Gasteiger partial charge in [-0.15, -0.1) is 0 Å². The number of rotatable bonds is 1. The van der Waals surface area contributed by atoms with Gasteiger partial charge in [0.15, 0.2) is 0 Å².